The Hall–Kier alpha value is -3.26. The third-order valence-electron chi connectivity index (χ3n) is 3.59. The van der Waals surface area contributed by atoms with Gasteiger partial charge in [-0.1, -0.05) is 13.8 Å². The van der Waals surface area contributed by atoms with Crippen LogP contribution in [-0.4, -0.2) is 30.7 Å². The van der Waals surface area contributed by atoms with Gasteiger partial charge >= 0.3 is 5.97 Å². The van der Waals surface area contributed by atoms with Crippen molar-refractivity contribution in [3.05, 3.63) is 63.6 Å². The van der Waals surface area contributed by atoms with Gasteiger partial charge in [0.25, 0.3) is 0 Å². The van der Waals surface area contributed by atoms with Gasteiger partial charge in [-0.05, 0) is 28.6 Å². The summed E-state index contributed by atoms with van der Waals surface area (Å²) in [6, 6.07) is 4.88. The van der Waals surface area contributed by atoms with Crippen LogP contribution < -0.4 is 5.56 Å². The molecule has 0 bridgehead atoms. The summed E-state index contributed by atoms with van der Waals surface area (Å²) in [7, 11) is 0. The Morgan fingerprint density at radius 2 is 2.00 bits per heavy atom. The lowest BCUT2D eigenvalue weighted by molar-refractivity contribution is 0.0702. The number of H-pyrrole nitrogens is 1. The largest absolute Gasteiger partial charge is 0.477 e. The van der Waals surface area contributed by atoms with E-state index in [4.69, 9.17) is 5.11 Å². The molecule has 0 saturated heterocycles. The van der Waals surface area contributed by atoms with Crippen LogP contribution >= 0.6 is 11.3 Å². The molecule has 0 radical (unpaired) electrons. The lowest BCUT2D eigenvalue weighted by Gasteiger charge is -2.02. The maximum atomic E-state index is 11.4. The SMILES string of the molecule is CC.O=C(O)c1cc(-c2cnn3cc(-c4cc[nH]c(=O)c4)cnc23)cs1. The van der Waals surface area contributed by atoms with Crippen LogP contribution in [0.25, 0.3) is 27.9 Å². The second-order valence-electron chi connectivity index (χ2n) is 5.12. The number of nitrogens with zero attached hydrogens (tertiary/aromatic N) is 3. The molecule has 26 heavy (non-hydrogen) atoms. The summed E-state index contributed by atoms with van der Waals surface area (Å²) in [5.74, 6) is -0.952. The van der Waals surface area contributed by atoms with Gasteiger partial charge in [0.1, 0.15) is 4.88 Å². The Balaban J connectivity index is 0.000000948. The molecule has 0 unspecified atom stereocenters. The fraction of sp³-hybridized carbons (Fsp3) is 0.111. The summed E-state index contributed by atoms with van der Waals surface area (Å²) in [4.78, 5) is 29.7. The summed E-state index contributed by atoms with van der Waals surface area (Å²) in [5, 5.41) is 15.1. The van der Waals surface area contributed by atoms with Crippen molar-refractivity contribution in [2.75, 3.05) is 0 Å². The normalized spacial score (nSPS) is 10.4. The van der Waals surface area contributed by atoms with Crippen molar-refractivity contribution >= 4 is 23.0 Å². The maximum Gasteiger partial charge on any atom is 0.345 e. The molecule has 0 fully saturated rings. The first-order chi connectivity index (χ1) is 12.6. The minimum atomic E-state index is -0.952. The smallest absolute Gasteiger partial charge is 0.345 e. The fourth-order valence-electron chi connectivity index (χ4n) is 2.44. The van der Waals surface area contributed by atoms with Crippen LogP contribution in [0, 0.1) is 0 Å². The third-order valence-corrected chi connectivity index (χ3v) is 4.50. The number of hydrogen-bond acceptors (Lipinski definition) is 5. The minimum absolute atomic E-state index is 0.187. The van der Waals surface area contributed by atoms with Crippen LogP contribution in [0.15, 0.2) is 53.2 Å². The van der Waals surface area contributed by atoms with Crippen molar-refractivity contribution in [1.82, 2.24) is 19.6 Å². The number of hydrogen-bond donors (Lipinski definition) is 2. The van der Waals surface area contributed by atoms with Crippen LogP contribution in [0.2, 0.25) is 0 Å². The first-order valence-electron chi connectivity index (χ1n) is 7.96. The Labute approximate surface area is 152 Å². The van der Waals surface area contributed by atoms with E-state index in [0.29, 0.717) is 5.65 Å². The molecular weight excluding hydrogens is 352 g/mol. The highest BCUT2D eigenvalue weighted by atomic mass is 32.1. The predicted molar refractivity (Wildman–Crippen MR) is 101 cm³/mol. The van der Waals surface area contributed by atoms with Gasteiger partial charge in [-0.15, -0.1) is 11.3 Å². The highest BCUT2D eigenvalue weighted by molar-refractivity contribution is 7.12. The molecular formula is C18H16N4O3S. The van der Waals surface area contributed by atoms with Crippen LogP contribution in [-0.2, 0) is 0 Å². The molecule has 0 spiro atoms. The third kappa shape index (κ3) is 3.27. The Morgan fingerprint density at radius 1 is 1.19 bits per heavy atom. The van der Waals surface area contributed by atoms with E-state index in [9.17, 15) is 9.59 Å². The number of aromatic carboxylic acids is 1. The summed E-state index contributed by atoms with van der Waals surface area (Å²) >= 11 is 1.16. The molecule has 0 aliphatic rings. The van der Waals surface area contributed by atoms with Crippen molar-refractivity contribution < 1.29 is 9.90 Å². The van der Waals surface area contributed by atoms with Crippen LogP contribution in [0.4, 0.5) is 0 Å². The maximum absolute atomic E-state index is 11.4. The van der Waals surface area contributed by atoms with Gasteiger partial charge in [-0.25, -0.2) is 14.3 Å². The van der Waals surface area contributed by atoms with Gasteiger partial charge in [0.2, 0.25) is 5.56 Å². The van der Waals surface area contributed by atoms with Crippen LogP contribution in [0.5, 0.6) is 0 Å². The Kier molecular flexibility index (Phi) is 4.94. The summed E-state index contributed by atoms with van der Waals surface area (Å²) in [6.07, 6.45) is 6.68. The molecule has 0 amide bonds. The molecule has 7 nitrogen and oxygen atoms in total. The van der Waals surface area contributed by atoms with Gasteiger partial charge < -0.3 is 10.1 Å². The minimum Gasteiger partial charge on any atom is -0.477 e. The first-order valence-corrected chi connectivity index (χ1v) is 8.84. The molecule has 4 heterocycles. The number of aromatic amines is 1. The van der Waals surface area contributed by atoms with Gasteiger partial charge in [-0.3, -0.25) is 4.79 Å². The monoisotopic (exact) mass is 368 g/mol. The highest BCUT2D eigenvalue weighted by Crippen LogP contribution is 2.29. The topological polar surface area (TPSA) is 100 Å². The Bertz CT molecular complexity index is 1130. The van der Waals surface area contributed by atoms with Crippen molar-refractivity contribution in [3.8, 4) is 22.3 Å². The van der Waals surface area contributed by atoms with E-state index < -0.39 is 5.97 Å². The number of thiophene rings is 1. The quantitative estimate of drug-likeness (QED) is 0.576. The van der Waals surface area contributed by atoms with Crippen LogP contribution in [0.1, 0.15) is 23.5 Å². The predicted octanol–water partition coefficient (Wildman–Crippen LogP) is 3.54. The van der Waals surface area contributed by atoms with E-state index in [0.717, 1.165) is 33.6 Å². The van der Waals surface area contributed by atoms with Crippen molar-refractivity contribution in [2.24, 2.45) is 0 Å². The fourth-order valence-corrected chi connectivity index (χ4v) is 3.19. The van der Waals surface area contributed by atoms with E-state index in [1.807, 2.05) is 13.8 Å². The van der Waals surface area contributed by atoms with Gasteiger partial charge in [0.15, 0.2) is 5.65 Å². The standard InChI is InChI=1S/C16H10N4O3S.C2H6/c21-14-4-9(1-2-17-14)11-5-18-15-12(6-19-20(15)7-11)10-3-13(16(22)23)24-8-10;1-2/h1-8H,(H,17,21)(H,22,23);1-2H3. The molecule has 0 atom stereocenters. The molecule has 0 saturated carbocycles. The molecule has 4 rings (SSSR count). The van der Waals surface area contributed by atoms with Gasteiger partial charge in [0.05, 0.1) is 6.20 Å². The van der Waals surface area contributed by atoms with Crippen molar-refractivity contribution in [3.63, 3.8) is 0 Å². The van der Waals surface area contributed by atoms with Crippen LogP contribution in [0.3, 0.4) is 0 Å². The molecule has 4 aromatic heterocycles. The van der Waals surface area contributed by atoms with Crippen molar-refractivity contribution in [2.45, 2.75) is 13.8 Å². The molecule has 8 heteroatoms. The zero-order chi connectivity index (χ0) is 18.7. The number of aromatic nitrogens is 4. The van der Waals surface area contributed by atoms with Crippen molar-refractivity contribution in [1.29, 1.82) is 0 Å². The zero-order valence-electron chi connectivity index (χ0n) is 14.1. The summed E-state index contributed by atoms with van der Waals surface area (Å²) in [5.41, 5.74) is 3.47. The zero-order valence-corrected chi connectivity index (χ0v) is 14.9. The number of fused-ring (bicyclic) bond motifs is 1. The van der Waals surface area contributed by atoms with E-state index in [1.165, 1.54) is 6.07 Å². The second-order valence-corrected chi connectivity index (χ2v) is 6.03. The molecule has 0 aliphatic carbocycles. The molecule has 2 N–H and O–H groups in total. The lowest BCUT2D eigenvalue weighted by atomic mass is 10.1. The first kappa shape index (κ1) is 17.6. The highest BCUT2D eigenvalue weighted by Gasteiger charge is 2.13. The number of carbonyl (C=O) groups is 1. The molecule has 0 aromatic carbocycles. The number of nitrogens with one attached hydrogen (secondary N) is 1. The lowest BCUT2D eigenvalue weighted by Crippen LogP contribution is -2.02. The Morgan fingerprint density at radius 3 is 2.69 bits per heavy atom. The number of pyridine rings is 1. The molecule has 132 valence electrons. The van der Waals surface area contributed by atoms with E-state index >= 15 is 0 Å². The summed E-state index contributed by atoms with van der Waals surface area (Å²) < 4.78 is 1.62. The van der Waals surface area contributed by atoms with E-state index in [1.54, 1.807) is 46.8 Å². The average Bonchev–Trinajstić information content (AvgIpc) is 3.29. The number of carboxylic acid groups (broad SMARTS) is 1. The number of carboxylic acids is 1. The average molecular weight is 368 g/mol. The molecule has 0 aliphatic heterocycles. The van der Waals surface area contributed by atoms with Gasteiger partial charge in [-0.2, -0.15) is 5.10 Å². The number of rotatable bonds is 3. The summed E-state index contributed by atoms with van der Waals surface area (Å²) in [6.45, 7) is 4.00. The van der Waals surface area contributed by atoms with E-state index in [2.05, 4.69) is 15.1 Å². The van der Waals surface area contributed by atoms with Gasteiger partial charge in [0, 0.05) is 35.8 Å². The molecule has 4 aromatic rings. The second kappa shape index (κ2) is 7.32. The van der Waals surface area contributed by atoms with E-state index in [-0.39, 0.29) is 10.4 Å².